The van der Waals surface area contributed by atoms with Gasteiger partial charge in [0.15, 0.2) is 5.69 Å². The number of aromatic nitrogens is 5. The summed E-state index contributed by atoms with van der Waals surface area (Å²) in [6.07, 6.45) is 0. The molecule has 0 saturated heterocycles. The Kier molecular flexibility index (Phi) is 5.22. The Balaban J connectivity index is 1.69. The molecule has 4 aromatic rings. The number of amides is 1. The van der Waals surface area contributed by atoms with Gasteiger partial charge in [-0.2, -0.15) is 9.78 Å². The third kappa shape index (κ3) is 3.76. The molecule has 0 atom stereocenters. The van der Waals surface area contributed by atoms with Crippen LogP contribution in [0.15, 0.2) is 64.3 Å². The molecule has 0 aliphatic rings. The number of hydrogen-bond donors (Lipinski definition) is 2. The number of nitrogens with zero attached hydrogens (tertiary/aromatic N) is 6. The molecule has 3 N–H and O–H groups in total. The van der Waals surface area contributed by atoms with Gasteiger partial charge in [0.05, 0.1) is 5.71 Å². The van der Waals surface area contributed by atoms with Gasteiger partial charge in [0.25, 0.3) is 5.91 Å². The smallest absolute Gasteiger partial charge is 0.294 e. The molecule has 0 aliphatic carbocycles. The maximum atomic E-state index is 12.9. The Morgan fingerprint density at radius 2 is 1.87 bits per heavy atom. The predicted molar refractivity (Wildman–Crippen MR) is 110 cm³/mol. The van der Waals surface area contributed by atoms with E-state index in [-0.39, 0.29) is 17.3 Å². The average molecular weight is 423 g/mol. The number of hydrogen-bond acceptors (Lipinski definition) is 8. The Morgan fingerprint density at radius 3 is 2.53 bits per heavy atom. The van der Waals surface area contributed by atoms with Crippen molar-refractivity contribution in [3.05, 3.63) is 70.9 Å². The summed E-state index contributed by atoms with van der Waals surface area (Å²) >= 11 is 5.90. The second-order valence-corrected chi connectivity index (χ2v) is 6.62. The van der Waals surface area contributed by atoms with Gasteiger partial charge in [-0.1, -0.05) is 59.3 Å². The minimum Gasteiger partial charge on any atom is -0.378 e. The Hall–Kier alpha value is -4.05. The lowest BCUT2D eigenvalue weighted by molar-refractivity contribution is 0.0950. The van der Waals surface area contributed by atoms with Crippen LogP contribution in [0.25, 0.3) is 17.1 Å². The molecule has 2 heterocycles. The zero-order valence-electron chi connectivity index (χ0n) is 15.7. The first-order valence-corrected chi connectivity index (χ1v) is 9.12. The molecule has 2 aromatic carbocycles. The summed E-state index contributed by atoms with van der Waals surface area (Å²) < 4.78 is 5.95. The van der Waals surface area contributed by atoms with E-state index in [1.165, 1.54) is 4.68 Å². The molecule has 150 valence electrons. The molecule has 4 rings (SSSR count). The topological polar surface area (TPSA) is 137 Å². The highest BCUT2D eigenvalue weighted by Gasteiger charge is 2.25. The highest BCUT2D eigenvalue weighted by Crippen LogP contribution is 2.26. The number of nitrogen functional groups attached to an aromatic ring is 1. The third-order valence-corrected chi connectivity index (χ3v) is 4.47. The SMILES string of the molecule is C/C(=N\NC(=O)c1nnn(-c2nonc2N)c1-c1ccccc1)c1ccc(Cl)cc1. The lowest BCUT2D eigenvalue weighted by Crippen LogP contribution is -2.21. The van der Waals surface area contributed by atoms with Crippen LogP contribution in [-0.2, 0) is 0 Å². The van der Waals surface area contributed by atoms with Gasteiger partial charge in [-0.05, 0) is 34.9 Å². The van der Waals surface area contributed by atoms with E-state index < -0.39 is 5.91 Å². The molecular formula is C19H15ClN8O2. The summed E-state index contributed by atoms with van der Waals surface area (Å²) in [6, 6.07) is 16.2. The minimum absolute atomic E-state index is 0.0145. The number of nitrogens with two attached hydrogens (primary N) is 1. The van der Waals surface area contributed by atoms with Crippen molar-refractivity contribution >= 4 is 29.0 Å². The van der Waals surface area contributed by atoms with Gasteiger partial charge < -0.3 is 5.73 Å². The summed E-state index contributed by atoms with van der Waals surface area (Å²) in [6.45, 7) is 1.76. The van der Waals surface area contributed by atoms with Gasteiger partial charge in [-0.3, -0.25) is 4.79 Å². The fraction of sp³-hybridized carbons (Fsp3) is 0.0526. The van der Waals surface area contributed by atoms with Crippen LogP contribution in [0, 0.1) is 0 Å². The first-order chi connectivity index (χ1) is 14.5. The number of anilines is 1. The Morgan fingerprint density at radius 1 is 1.13 bits per heavy atom. The van der Waals surface area contributed by atoms with Crippen LogP contribution in [0.1, 0.15) is 23.0 Å². The molecule has 0 fully saturated rings. The first-order valence-electron chi connectivity index (χ1n) is 8.74. The van der Waals surface area contributed by atoms with Crippen LogP contribution >= 0.6 is 11.6 Å². The standard InChI is InChI=1S/C19H15ClN8O2/c1-11(12-7-9-14(20)10-8-12)22-24-19(29)15-16(13-5-3-2-4-6-13)28(27-23-15)18-17(21)25-30-26-18/h2-10H,1H3,(H2,21,25)(H,24,29)/b22-11+. The molecule has 0 bridgehead atoms. The number of nitrogens with one attached hydrogen (secondary N) is 1. The normalized spacial score (nSPS) is 11.5. The zero-order valence-corrected chi connectivity index (χ0v) is 16.4. The minimum atomic E-state index is -0.552. The molecule has 0 saturated carbocycles. The van der Waals surface area contributed by atoms with Crippen LogP contribution in [-0.4, -0.2) is 36.9 Å². The number of rotatable bonds is 5. The van der Waals surface area contributed by atoms with Crippen molar-refractivity contribution in [2.24, 2.45) is 5.10 Å². The van der Waals surface area contributed by atoms with Crippen LogP contribution < -0.4 is 11.2 Å². The lowest BCUT2D eigenvalue weighted by atomic mass is 10.1. The van der Waals surface area contributed by atoms with Crippen molar-refractivity contribution in [2.45, 2.75) is 6.92 Å². The van der Waals surface area contributed by atoms with Crippen molar-refractivity contribution in [3.8, 4) is 17.1 Å². The number of carbonyl (C=O) groups is 1. The number of halogens is 1. The molecule has 10 nitrogen and oxygen atoms in total. The number of hydrazone groups is 1. The summed E-state index contributed by atoms with van der Waals surface area (Å²) in [5, 5.41) is 20.1. The zero-order chi connectivity index (χ0) is 21.1. The van der Waals surface area contributed by atoms with Crippen LogP contribution in [0.2, 0.25) is 5.02 Å². The van der Waals surface area contributed by atoms with Crippen molar-refractivity contribution in [1.29, 1.82) is 0 Å². The van der Waals surface area contributed by atoms with Crippen molar-refractivity contribution in [1.82, 2.24) is 30.7 Å². The van der Waals surface area contributed by atoms with E-state index in [1.807, 2.05) is 18.2 Å². The molecule has 1 amide bonds. The fourth-order valence-electron chi connectivity index (χ4n) is 2.72. The maximum absolute atomic E-state index is 12.9. The third-order valence-electron chi connectivity index (χ3n) is 4.22. The average Bonchev–Trinajstić information content (AvgIpc) is 3.38. The van der Waals surface area contributed by atoms with E-state index in [0.717, 1.165) is 5.56 Å². The monoisotopic (exact) mass is 422 g/mol. The van der Waals surface area contributed by atoms with Gasteiger partial charge in [0.1, 0.15) is 5.69 Å². The van der Waals surface area contributed by atoms with Crippen LogP contribution in [0.4, 0.5) is 5.82 Å². The number of carbonyl (C=O) groups excluding carboxylic acids is 1. The van der Waals surface area contributed by atoms with Gasteiger partial charge in [0, 0.05) is 10.6 Å². The summed E-state index contributed by atoms with van der Waals surface area (Å²) in [5.41, 5.74) is 10.8. The van der Waals surface area contributed by atoms with E-state index in [2.05, 4.69) is 35.8 Å². The lowest BCUT2D eigenvalue weighted by Gasteiger charge is -2.06. The van der Waals surface area contributed by atoms with Gasteiger partial charge in [-0.15, -0.1) is 5.10 Å². The largest absolute Gasteiger partial charge is 0.378 e. The first kappa shape index (κ1) is 19.3. The molecular weight excluding hydrogens is 408 g/mol. The van der Waals surface area contributed by atoms with Crippen LogP contribution in [0.5, 0.6) is 0 Å². The highest BCUT2D eigenvalue weighted by molar-refractivity contribution is 6.30. The Bertz CT molecular complexity index is 1220. The van der Waals surface area contributed by atoms with Crippen molar-refractivity contribution in [2.75, 3.05) is 5.73 Å². The summed E-state index contributed by atoms with van der Waals surface area (Å²) in [7, 11) is 0. The van der Waals surface area contributed by atoms with Crippen LogP contribution in [0.3, 0.4) is 0 Å². The van der Waals surface area contributed by atoms with E-state index in [4.69, 9.17) is 17.3 Å². The maximum Gasteiger partial charge on any atom is 0.294 e. The van der Waals surface area contributed by atoms with Crippen molar-refractivity contribution in [3.63, 3.8) is 0 Å². The van der Waals surface area contributed by atoms with E-state index in [0.29, 0.717) is 22.0 Å². The quantitative estimate of drug-likeness (QED) is 0.372. The molecule has 0 unspecified atom stereocenters. The molecule has 11 heteroatoms. The van der Waals surface area contributed by atoms with E-state index >= 15 is 0 Å². The van der Waals surface area contributed by atoms with Crippen molar-refractivity contribution < 1.29 is 9.42 Å². The van der Waals surface area contributed by atoms with Gasteiger partial charge >= 0.3 is 0 Å². The second kappa shape index (κ2) is 8.13. The van der Waals surface area contributed by atoms with Gasteiger partial charge in [-0.25, -0.2) is 10.1 Å². The number of benzene rings is 2. The molecule has 2 aromatic heterocycles. The summed E-state index contributed by atoms with van der Waals surface area (Å²) in [5.74, 6) is -0.412. The molecule has 30 heavy (non-hydrogen) atoms. The second-order valence-electron chi connectivity index (χ2n) is 6.18. The Labute approximate surface area is 175 Å². The molecule has 0 spiro atoms. The fourth-order valence-corrected chi connectivity index (χ4v) is 2.85. The predicted octanol–water partition coefficient (Wildman–Crippen LogP) is 2.71. The molecule has 0 radical (unpaired) electrons. The van der Waals surface area contributed by atoms with E-state index in [1.54, 1.807) is 43.3 Å². The molecule has 0 aliphatic heterocycles. The van der Waals surface area contributed by atoms with E-state index in [9.17, 15) is 4.79 Å². The summed E-state index contributed by atoms with van der Waals surface area (Å²) in [4.78, 5) is 12.9. The van der Waals surface area contributed by atoms with Gasteiger partial charge in [0.2, 0.25) is 11.6 Å². The highest BCUT2D eigenvalue weighted by atomic mass is 35.5.